The Labute approximate surface area is 130 Å². The number of benzene rings is 2. The van der Waals surface area contributed by atoms with E-state index < -0.39 is 9.84 Å². The summed E-state index contributed by atoms with van der Waals surface area (Å²) in [5, 5.41) is 0. The van der Waals surface area contributed by atoms with Crippen molar-refractivity contribution < 1.29 is 17.9 Å². The Morgan fingerprint density at radius 2 is 1.77 bits per heavy atom. The molecule has 0 aliphatic carbocycles. The average Bonchev–Trinajstić information content (AvgIpc) is 3.30. The summed E-state index contributed by atoms with van der Waals surface area (Å²) in [7, 11) is -3.56. The summed E-state index contributed by atoms with van der Waals surface area (Å²) < 4.78 is 36.6. The Kier molecular flexibility index (Phi) is 3.93. The van der Waals surface area contributed by atoms with Crippen LogP contribution < -0.4 is 4.74 Å². The van der Waals surface area contributed by atoms with Crippen molar-refractivity contribution in [2.24, 2.45) is 0 Å². The maximum Gasteiger partial charge on any atom is 0.207 e. The van der Waals surface area contributed by atoms with E-state index in [0.717, 1.165) is 5.56 Å². The molecule has 1 aliphatic heterocycles. The van der Waals surface area contributed by atoms with Crippen molar-refractivity contribution >= 4 is 9.84 Å². The monoisotopic (exact) mass is 318 g/mol. The number of aryl methyl sites for hydroxylation is 1. The molecule has 5 heteroatoms. The molecule has 4 nitrogen and oxygen atoms in total. The van der Waals surface area contributed by atoms with E-state index in [1.54, 1.807) is 50.2 Å². The molecular weight excluding hydrogens is 300 g/mol. The Morgan fingerprint density at radius 1 is 1.09 bits per heavy atom. The largest absolute Gasteiger partial charge is 0.490 e. The highest BCUT2D eigenvalue weighted by molar-refractivity contribution is 7.91. The van der Waals surface area contributed by atoms with E-state index in [9.17, 15) is 8.42 Å². The van der Waals surface area contributed by atoms with E-state index in [4.69, 9.17) is 9.47 Å². The fourth-order valence-electron chi connectivity index (χ4n) is 2.37. The molecule has 0 amide bonds. The number of epoxide rings is 1. The van der Waals surface area contributed by atoms with Crippen molar-refractivity contribution in [3.8, 4) is 5.75 Å². The molecule has 1 aliphatic rings. The summed E-state index contributed by atoms with van der Waals surface area (Å²) >= 11 is 0. The van der Waals surface area contributed by atoms with E-state index in [1.807, 2.05) is 6.07 Å². The van der Waals surface area contributed by atoms with Gasteiger partial charge in [0.25, 0.3) is 0 Å². The molecule has 2 aromatic rings. The summed E-state index contributed by atoms with van der Waals surface area (Å²) in [6.45, 7) is 4.73. The van der Waals surface area contributed by atoms with E-state index in [0.29, 0.717) is 29.4 Å². The summed E-state index contributed by atoms with van der Waals surface area (Å²) in [6.07, 6.45) is 0.135. The third-order valence-electron chi connectivity index (χ3n) is 3.73. The first kappa shape index (κ1) is 15.1. The second kappa shape index (κ2) is 5.74. The predicted octanol–water partition coefficient (Wildman–Crippen LogP) is 2.91. The first-order valence-corrected chi connectivity index (χ1v) is 8.63. The standard InChI is InChI=1S/C17H18O4S/c1-12-6-3-4-8-16(12)22(18,19)17-9-5-7-15(13(17)2)21-11-14-10-20-14/h3-9,14H,10-11H2,1-2H3. The molecule has 0 bridgehead atoms. The fraction of sp³-hybridized carbons (Fsp3) is 0.294. The molecule has 0 saturated carbocycles. The van der Waals surface area contributed by atoms with Gasteiger partial charge in [-0.05, 0) is 37.6 Å². The molecule has 2 aromatic carbocycles. The number of sulfone groups is 1. The lowest BCUT2D eigenvalue weighted by Gasteiger charge is -2.13. The zero-order valence-electron chi connectivity index (χ0n) is 12.6. The van der Waals surface area contributed by atoms with Crippen LogP contribution in [0.15, 0.2) is 52.3 Å². The molecule has 1 saturated heterocycles. The van der Waals surface area contributed by atoms with Gasteiger partial charge in [-0.2, -0.15) is 0 Å². The first-order valence-electron chi connectivity index (χ1n) is 7.15. The Morgan fingerprint density at radius 3 is 2.45 bits per heavy atom. The lowest BCUT2D eigenvalue weighted by molar-refractivity contribution is 0.261. The van der Waals surface area contributed by atoms with Crippen LogP contribution in [-0.2, 0) is 14.6 Å². The summed E-state index contributed by atoms with van der Waals surface area (Å²) in [5.41, 5.74) is 1.37. The number of hydrogen-bond acceptors (Lipinski definition) is 4. The zero-order chi connectivity index (χ0) is 15.7. The Bertz CT molecular complexity index is 792. The highest BCUT2D eigenvalue weighted by atomic mass is 32.2. The Balaban J connectivity index is 2.00. The maximum absolute atomic E-state index is 12.9. The van der Waals surface area contributed by atoms with Gasteiger partial charge < -0.3 is 9.47 Å². The number of hydrogen-bond donors (Lipinski definition) is 0. The molecule has 1 fully saturated rings. The predicted molar refractivity (Wildman–Crippen MR) is 83.0 cm³/mol. The summed E-state index contributed by atoms with van der Waals surface area (Å²) in [4.78, 5) is 0.622. The minimum Gasteiger partial charge on any atom is -0.490 e. The van der Waals surface area contributed by atoms with Crippen LogP contribution in [0.25, 0.3) is 0 Å². The van der Waals surface area contributed by atoms with Crippen molar-refractivity contribution in [2.45, 2.75) is 29.7 Å². The Hall–Kier alpha value is -1.85. The number of ether oxygens (including phenoxy) is 2. The second-order valence-corrected chi connectivity index (χ2v) is 7.30. The highest BCUT2D eigenvalue weighted by Crippen LogP contribution is 2.31. The third-order valence-corrected chi connectivity index (χ3v) is 5.79. The quantitative estimate of drug-likeness (QED) is 0.795. The van der Waals surface area contributed by atoms with Crippen molar-refractivity contribution in [1.82, 2.24) is 0 Å². The summed E-state index contributed by atoms with van der Waals surface area (Å²) in [6, 6.07) is 12.1. The number of rotatable bonds is 5. The van der Waals surface area contributed by atoms with Crippen LogP contribution >= 0.6 is 0 Å². The molecule has 0 aromatic heterocycles. The van der Waals surface area contributed by atoms with Crippen LogP contribution in [0.4, 0.5) is 0 Å². The van der Waals surface area contributed by atoms with Crippen LogP contribution in [0, 0.1) is 13.8 Å². The van der Waals surface area contributed by atoms with Gasteiger partial charge in [-0.25, -0.2) is 8.42 Å². The molecule has 116 valence electrons. The molecule has 3 rings (SSSR count). The van der Waals surface area contributed by atoms with E-state index >= 15 is 0 Å². The third kappa shape index (κ3) is 2.87. The molecule has 1 heterocycles. The summed E-state index contributed by atoms with van der Waals surface area (Å²) in [5.74, 6) is 0.588. The van der Waals surface area contributed by atoms with Crippen molar-refractivity contribution in [3.05, 3.63) is 53.6 Å². The smallest absolute Gasteiger partial charge is 0.207 e. The van der Waals surface area contributed by atoms with Gasteiger partial charge >= 0.3 is 0 Å². The van der Waals surface area contributed by atoms with Gasteiger partial charge in [-0.15, -0.1) is 0 Å². The van der Waals surface area contributed by atoms with Crippen molar-refractivity contribution in [1.29, 1.82) is 0 Å². The van der Waals surface area contributed by atoms with E-state index in [2.05, 4.69) is 0 Å². The van der Waals surface area contributed by atoms with Gasteiger partial charge in [-0.3, -0.25) is 0 Å². The lowest BCUT2D eigenvalue weighted by atomic mass is 10.2. The molecule has 0 spiro atoms. The van der Waals surface area contributed by atoms with Gasteiger partial charge in [0.1, 0.15) is 18.5 Å². The van der Waals surface area contributed by atoms with Gasteiger partial charge in [-0.1, -0.05) is 24.3 Å². The minimum atomic E-state index is -3.56. The molecular formula is C17H18O4S. The minimum absolute atomic E-state index is 0.135. The topological polar surface area (TPSA) is 55.9 Å². The normalized spacial score (nSPS) is 17.3. The van der Waals surface area contributed by atoms with Crippen LogP contribution in [0.1, 0.15) is 11.1 Å². The fourth-order valence-corrected chi connectivity index (χ4v) is 4.11. The van der Waals surface area contributed by atoms with Crippen molar-refractivity contribution in [2.75, 3.05) is 13.2 Å². The van der Waals surface area contributed by atoms with Crippen molar-refractivity contribution in [3.63, 3.8) is 0 Å². The van der Waals surface area contributed by atoms with Crippen LogP contribution in [0.5, 0.6) is 5.75 Å². The molecule has 1 atom stereocenters. The van der Waals surface area contributed by atoms with Crippen LogP contribution in [0.3, 0.4) is 0 Å². The van der Waals surface area contributed by atoms with E-state index in [-0.39, 0.29) is 11.0 Å². The molecule has 1 unspecified atom stereocenters. The van der Waals surface area contributed by atoms with Crippen LogP contribution in [0.2, 0.25) is 0 Å². The first-order chi connectivity index (χ1) is 10.5. The average molecular weight is 318 g/mol. The molecule has 22 heavy (non-hydrogen) atoms. The van der Waals surface area contributed by atoms with Gasteiger partial charge in [0.15, 0.2) is 0 Å². The lowest BCUT2D eigenvalue weighted by Crippen LogP contribution is -2.09. The maximum atomic E-state index is 12.9. The highest BCUT2D eigenvalue weighted by Gasteiger charge is 2.25. The van der Waals surface area contributed by atoms with E-state index in [1.165, 1.54) is 0 Å². The van der Waals surface area contributed by atoms with Gasteiger partial charge in [0.05, 0.1) is 16.4 Å². The van der Waals surface area contributed by atoms with Crippen LogP contribution in [-0.4, -0.2) is 27.7 Å². The second-order valence-electron chi connectivity index (χ2n) is 5.41. The zero-order valence-corrected chi connectivity index (χ0v) is 13.4. The SMILES string of the molecule is Cc1ccccc1S(=O)(=O)c1cccc(OCC2CO2)c1C. The van der Waals surface area contributed by atoms with Gasteiger partial charge in [0.2, 0.25) is 9.84 Å². The van der Waals surface area contributed by atoms with Gasteiger partial charge in [0, 0.05) is 5.56 Å². The molecule has 0 N–H and O–H groups in total. The molecule has 0 radical (unpaired) electrons.